The number of hydrogen-bond donors (Lipinski definition) is 2. The molecule has 0 bridgehead atoms. The minimum Gasteiger partial charge on any atom is -0.409 e. The molecule has 2 aromatic carbocycles. The zero-order valence-electron chi connectivity index (χ0n) is 11.4. The van der Waals surface area contributed by atoms with Crippen LogP contribution in [0.3, 0.4) is 0 Å². The highest BCUT2D eigenvalue weighted by atomic mass is 35.5. The van der Waals surface area contributed by atoms with Gasteiger partial charge in [0.1, 0.15) is 5.82 Å². The second kappa shape index (κ2) is 6.45. The molecule has 0 spiro atoms. The van der Waals surface area contributed by atoms with Gasteiger partial charge >= 0.3 is 0 Å². The van der Waals surface area contributed by atoms with Gasteiger partial charge in [0, 0.05) is 35.4 Å². The molecule has 6 heteroatoms. The molecule has 0 atom stereocenters. The Hall–Kier alpha value is -2.27. The summed E-state index contributed by atoms with van der Waals surface area (Å²) in [6, 6.07) is 11.6. The van der Waals surface area contributed by atoms with E-state index in [1.807, 2.05) is 18.0 Å². The molecule has 0 heterocycles. The monoisotopic (exact) mass is 307 g/mol. The Morgan fingerprint density at radius 1 is 1.33 bits per heavy atom. The molecule has 4 nitrogen and oxygen atoms in total. The molecule has 0 fully saturated rings. The molecule has 21 heavy (non-hydrogen) atoms. The van der Waals surface area contributed by atoms with Crippen molar-refractivity contribution in [3.63, 3.8) is 0 Å². The predicted molar refractivity (Wildman–Crippen MR) is 82.5 cm³/mol. The predicted octanol–water partition coefficient (Wildman–Crippen LogP) is 3.21. The van der Waals surface area contributed by atoms with Gasteiger partial charge in [0.2, 0.25) is 0 Å². The third-order valence-electron chi connectivity index (χ3n) is 3.11. The zero-order valence-corrected chi connectivity index (χ0v) is 12.2. The molecule has 0 unspecified atom stereocenters. The fourth-order valence-electron chi connectivity index (χ4n) is 1.97. The fourth-order valence-corrected chi connectivity index (χ4v) is 2.17. The number of rotatable bonds is 4. The summed E-state index contributed by atoms with van der Waals surface area (Å²) < 4.78 is 13.8. The lowest BCUT2D eigenvalue weighted by atomic mass is 10.1. The van der Waals surface area contributed by atoms with E-state index >= 15 is 0 Å². The highest BCUT2D eigenvalue weighted by Crippen LogP contribution is 2.20. The van der Waals surface area contributed by atoms with Gasteiger partial charge in [-0.3, -0.25) is 0 Å². The van der Waals surface area contributed by atoms with Crippen LogP contribution >= 0.6 is 11.6 Å². The lowest BCUT2D eigenvalue weighted by molar-refractivity contribution is 0.318. The van der Waals surface area contributed by atoms with E-state index in [4.69, 9.17) is 22.5 Å². The second-order valence-electron chi connectivity index (χ2n) is 4.63. The van der Waals surface area contributed by atoms with Crippen LogP contribution in [0.1, 0.15) is 11.1 Å². The van der Waals surface area contributed by atoms with E-state index in [0.29, 0.717) is 22.7 Å². The van der Waals surface area contributed by atoms with Crippen molar-refractivity contribution in [2.75, 3.05) is 11.9 Å². The number of hydrogen-bond acceptors (Lipinski definition) is 3. The van der Waals surface area contributed by atoms with E-state index in [1.165, 1.54) is 12.1 Å². The molecule has 0 saturated carbocycles. The summed E-state index contributed by atoms with van der Waals surface area (Å²) in [6.45, 7) is 0.353. The number of oxime groups is 1. The number of nitrogens with two attached hydrogens (primary N) is 1. The molecule has 2 rings (SSSR count). The van der Waals surface area contributed by atoms with Crippen LogP contribution in [0.15, 0.2) is 47.6 Å². The molecule has 3 N–H and O–H groups in total. The molecule has 0 aromatic heterocycles. The molecule has 0 radical (unpaired) electrons. The maximum absolute atomic E-state index is 13.8. The normalized spacial score (nSPS) is 11.5. The van der Waals surface area contributed by atoms with E-state index in [0.717, 1.165) is 5.69 Å². The van der Waals surface area contributed by atoms with Crippen LogP contribution in [0.2, 0.25) is 5.02 Å². The maximum atomic E-state index is 13.8. The smallest absolute Gasteiger partial charge is 0.170 e. The van der Waals surface area contributed by atoms with Gasteiger partial charge in [-0.15, -0.1) is 0 Å². The van der Waals surface area contributed by atoms with Crippen molar-refractivity contribution in [1.82, 2.24) is 0 Å². The number of anilines is 1. The van der Waals surface area contributed by atoms with Crippen molar-refractivity contribution in [1.29, 1.82) is 0 Å². The summed E-state index contributed by atoms with van der Waals surface area (Å²) in [5, 5.41) is 12.2. The minimum absolute atomic E-state index is 0.0270. The van der Waals surface area contributed by atoms with Crippen molar-refractivity contribution < 1.29 is 9.60 Å². The van der Waals surface area contributed by atoms with Gasteiger partial charge in [0.25, 0.3) is 0 Å². The molecule has 0 saturated heterocycles. The fraction of sp³-hybridized carbons (Fsp3) is 0.133. The van der Waals surface area contributed by atoms with E-state index in [-0.39, 0.29) is 11.7 Å². The van der Waals surface area contributed by atoms with E-state index in [1.54, 1.807) is 24.3 Å². The Balaban J connectivity index is 2.24. The highest BCUT2D eigenvalue weighted by molar-refractivity contribution is 6.30. The SMILES string of the molecule is CN(Cc1cc(Cl)ccc1F)c1cccc(/C(N)=N/O)c1. The summed E-state index contributed by atoms with van der Waals surface area (Å²) >= 11 is 5.89. The van der Waals surface area contributed by atoms with Gasteiger partial charge in [-0.2, -0.15) is 0 Å². The molecule has 0 amide bonds. The highest BCUT2D eigenvalue weighted by Gasteiger charge is 2.09. The first-order valence-electron chi connectivity index (χ1n) is 6.24. The van der Waals surface area contributed by atoms with Crippen molar-refractivity contribution in [3.8, 4) is 0 Å². The zero-order chi connectivity index (χ0) is 15.4. The standard InChI is InChI=1S/C15H15ClFN3O/c1-20(9-11-7-12(16)5-6-14(11)17)13-4-2-3-10(8-13)15(18)19-21/h2-8,21H,9H2,1H3,(H2,18,19). The lowest BCUT2D eigenvalue weighted by Gasteiger charge is -2.20. The third-order valence-corrected chi connectivity index (χ3v) is 3.34. The van der Waals surface area contributed by atoms with Gasteiger partial charge in [0.05, 0.1) is 0 Å². The van der Waals surface area contributed by atoms with Crippen molar-refractivity contribution in [3.05, 3.63) is 64.4 Å². The lowest BCUT2D eigenvalue weighted by Crippen LogP contribution is -2.19. The average molecular weight is 308 g/mol. The quantitative estimate of drug-likeness (QED) is 0.394. The molecule has 2 aromatic rings. The van der Waals surface area contributed by atoms with Gasteiger partial charge in [-0.1, -0.05) is 28.9 Å². The molecule has 110 valence electrons. The van der Waals surface area contributed by atoms with Crippen molar-refractivity contribution >= 4 is 23.1 Å². The Bertz CT molecular complexity index is 676. The Morgan fingerprint density at radius 2 is 2.10 bits per heavy atom. The van der Waals surface area contributed by atoms with Gasteiger partial charge in [0.15, 0.2) is 5.84 Å². The number of benzene rings is 2. The van der Waals surface area contributed by atoms with Crippen LogP contribution in [0.25, 0.3) is 0 Å². The average Bonchev–Trinajstić information content (AvgIpc) is 2.50. The molecule has 0 aliphatic heterocycles. The minimum atomic E-state index is -0.307. The van der Waals surface area contributed by atoms with Crippen LogP contribution < -0.4 is 10.6 Å². The summed E-state index contributed by atoms with van der Waals surface area (Å²) in [4.78, 5) is 1.85. The largest absolute Gasteiger partial charge is 0.409 e. The Kier molecular flexibility index (Phi) is 4.65. The first-order chi connectivity index (χ1) is 10.0. The summed E-state index contributed by atoms with van der Waals surface area (Å²) in [7, 11) is 1.83. The van der Waals surface area contributed by atoms with E-state index in [2.05, 4.69) is 5.16 Å². The van der Waals surface area contributed by atoms with Gasteiger partial charge < -0.3 is 15.8 Å². The van der Waals surface area contributed by atoms with Crippen molar-refractivity contribution in [2.45, 2.75) is 6.54 Å². The van der Waals surface area contributed by atoms with E-state index < -0.39 is 0 Å². The maximum Gasteiger partial charge on any atom is 0.170 e. The number of nitrogens with zero attached hydrogens (tertiary/aromatic N) is 2. The topological polar surface area (TPSA) is 61.8 Å². The second-order valence-corrected chi connectivity index (χ2v) is 5.06. The van der Waals surface area contributed by atoms with Crippen LogP contribution in [0, 0.1) is 5.82 Å². The Labute approximate surface area is 127 Å². The van der Waals surface area contributed by atoms with Crippen LogP contribution in [0.4, 0.5) is 10.1 Å². The van der Waals surface area contributed by atoms with Crippen molar-refractivity contribution in [2.24, 2.45) is 10.9 Å². The molecule has 0 aliphatic rings. The first kappa shape index (κ1) is 15.1. The molecular formula is C15H15ClFN3O. The Morgan fingerprint density at radius 3 is 2.81 bits per heavy atom. The van der Waals surface area contributed by atoms with Gasteiger partial charge in [-0.05, 0) is 30.3 Å². The van der Waals surface area contributed by atoms with Crippen LogP contribution in [-0.2, 0) is 6.54 Å². The van der Waals surface area contributed by atoms with Gasteiger partial charge in [-0.25, -0.2) is 4.39 Å². The molecule has 0 aliphatic carbocycles. The number of amidine groups is 1. The van der Waals surface area contributed by atoms with Crippen LogP contribution in [-0.4, -0.2) is 18.1 Å². The third kappa shape index (κ3) is 3.64. The van der Waals surface area contributed by atoms with Crippen LogP contribution in [0.5, 0.6) is 0 Å². The number of halogens is 2. The summed E-state index contributed by atoms with van der Waals surface area (Å²) in [5.74, 6) is -0.280. The first-order valence-corrected chi connectivity index (χ1v) is 6.62. The summed E-state index contributed by atoms with van der Waals surface area (Å²) in [5.41, 5.74) is 7.47. The van der Waals surface area contributed by atoms with E-state index in [9.17, 15) is 4.39 Å². The summed E-state index contributed by atoms with van der Waals surface area (Å²) in [6.07, 6.45) is 0. The molecular weight excluding hydrogens is 293 g/mol.